The molecule has 0 saturated heterocycles. The topological polar surface area (TPSA) is 158 Å². The summed E-state index contributed by atoms with van der Waals surface area (Å²) in [6.07, 6.45) is 1.16. The van der Waals surface area contributed by atoms with Gasteiger partial charge in [0.25, 0.3) is 11.2 Å². The number of hydrogen-bond donors (Lipinski definition) is 2. The number of aromatic nitrogens is 4. The lowest BCUT2D eigenvalue weighted by Gasteiger charge is -2.10. The van der Waals surface area contributed by atoms with Gasteiger partial charge in [-0.2, -0.15) is 5.10 Å². The van der Waals surface area contributed by atoms with Crippen molar-refractivity contribution < 1.29 is 14.8 Å². The van der Waals surface area contributed by atoms with Gasteiger partial charge in [0.05, 0.1) is 34.8 Å². The molecule has 4 rings (SSSR count). The lowest BCUT2D eigenvalue weighted by atomic mass is 10.2. The quantitative estimate of drug-likeness (QED) is 0.246. The van der Waals surface area contributed by atoms with E-state index in [1.165, 1.54) is 19.2 Å². The van der Waals surface area contributed by atoms with E-state index in [0.29, 0.717) is 34.2 Å². The van der Waals surface area contributed by atoms with Gasteiger partial charge in [0.15, 0.2) is 0 Å². The fourth-order valence-electron chi connectivity index (χ4n) is 3.54. The monoisotopic (exact) mass is 476 g/mol. The summed E-state index contributed by atoms with van der Waals surface area (Å²) in [7, 11) is 1.50. The highest BCUT2D eigenvalue weighted by Crippen LogP contribution is 2.27. The summed E-state index contributed by atoms with van der Waals surface area (Å²) in [5, 5.41) is 26.1. The van der Waals surface area contributed by atoms with Crippen molar-refractivity contribution in [3.63, 3.8) is 0 Å². The van der Waals surface area contributed by atoms with E-state index in [9.17, 15) is 24.8 Å². The molecular weight excluding hydrogens is 456 g/mol. The summed E-state index contributed by atoms with van der Waals surface area (Å²) in [6.45, 7) is 3.46. The molecule has 2 heterocycles. The Bertz CT molecular complexity index is 1560. The number of non-ortho nitro benzene ring substituents is 1. The maximum Gasteiger partial charge on any atom is 0.335 e. The van der Waals surface area contributed by atoms with Crippen molar-refractivity contribution in [3.05, 3.63) is 96.4 Å². The minimum absolute atomic E-state index is 0.0461. The van der Waals surface area contributed by atoms with E-state index >= 15 is 0 Å². The Kier molecular flexibility index (Phi) is 6.02. The molecule has 0 aliphatic heterocycles. The Morgan fingerprint density at radius 3 is 2.31 bits per heavy atom. The van der Waals surface area contributed by atoms with Gasteiger partial charge in [0.2, 0.25) is 5.88 Å². The zero-order chi connectivity index (χ0) is 25.3. The highest BCUT2D eigenvalue weighted by molar-refractivity contribution is 5.84. The molecule has 2 aromatic heterocycles. The van der Waals surface area contributed by atoms with Gasteiger partial charge in [-0.3, -0.25) is 24.9 Å². The summed E-state index contributed by atoms with van der Waals surface area (Å²) in [5.74, 6) is -0.0192. The number of benzene rings is 2. The third-order valence-electron chi connectivity index (χ3n) is 5.33. The molecule has 0 amide bonds. The number of methoxy groups -OCH3 is 1. The minimum Gasteiger partial charge on any atom is -0.497 e. The van der Waals surface area contributed by atoms with Gasteiger partial charge in [-0.15, -0.1) is 0 Å². The smallest absolute Gasteiger partial charge is 0.335 e. The molecular formula is C23H20N6O6. The summed E-state index contributed by atoms with van der Waals surface area (Å²) in [6, 6.07) is 12.2. The molecule has 0 spiro atoms. The van der Waals surface area contributed by atoms with Gasteiger partial charge >= 0.3 is 5.69 Å². The molecule has 0 radical (unpaired) electrons. The van der Waals surface area contributed by atoms with Crippen LogP contribution in [0, 0.1) is 24.0 Å². The molecule has 35 heavy (non-hydrogen) atoms. The van der Waals surface area contributed by atoms with E-state index in [4.69, 9.17) is 4.74 Å². The Morgan fingerprint density at radius 2 is 1.71 bits per heavy atom. The molecule has 0 atom stereocenters. The van der Waals surface area contributed by atoms with E-state index in [0.717, 1.165) is 10.8 Å². The van der Waals surface area contributed by atoms with Gasteiger partial charge in [-0.05, 0) is 50.2 Å². The van der Waals surface area contributed by atoms with Crippen LogP contribution in [-0.4, -0.2) is 42.7 Å². The zero-order valence-electron chi connectivity index (χ0n) is 18.9. The molecule has 0 saturated carbocycles. The van der Waals surface area contributed by atoms with Gasteiger partial charge in [0, 0.05) is 18.3 Å². The first-order valence-corrected chi connectivity index (χ1v) is 10.3. The minimum atomic E-state index is -0.812. The standard InChI is InChI=1S/C23H20N6O6/c1-13-20(14(2)28(26-13)16-4-6-17(7-5-16)29(33)34)24-12-19-21(30)25-23(32)27(22(19)31)15-8-10-18(35-3)11-9-15/h4-12,31H,1-3H3,(H,25,30,32). The molecule has 0 aliphatic rings. The van der Waals surface area contributed by atoms with Crippen LogP contribution in [0.15, 0.2) is 63.1 Å². The number of H-pyrrole nitrogens is 1. The van der Waals surface area contributed by atoms with Crippen molar-refractivity contribution in [3.8, 4) is 23.0 Å². The molecule has 12 nitrogen and oxygen atoms in total. The van der Waals surface area contributed by atoms with E-state index in [1.807, 2.05) is 0 Å². The molecule has 12 heteroatoms. The highest BCUT2D eigenvalue weighted by Gasteiger charge is 2.17. The second-order valence-corrected chi connectivity index (χ2v) is 7.49. The van der Waals surface area contributed by atoms with Gasteiger partial charge in [-0.25, -0.2) is 14.0 Å². The van der Waals surface area contributed by atoms with Crippen LogP contribution in [0.1, 0.15) is 17.0 Å². The Labute approximate surface area is 197 Å². The summed E-state index contributed by atoms with van der Waals surface area (Å²) in [4.78, 5) is 41.8. The predicted molar refractivity (Wildman–Crippen MR) is 128 cm³/mol. The van der Waals surface area contributed by atoms with Crippen LogP contribution in [0.4, 0.5) is 11.4 Å². The van der Waals surface area contributed by atoms with Crippen LogP contribution in [-0.2, 0) is 0 Å². The zero-order valence-corrected chi connectivity index (χ0v) is 18.9. The van der Waals surface area contributed by atoms with Crippen molar-refractivity contribution in [1.29, 1.82) is 0 Å². The van der Waals surface area contributed by atoms with Crippen LogP contribution in [0.25, 0.3) is 11.4 Å². The largest absolute Gasteiger partial charge is 0.497 e. The molecule has 2 N–H and O–H groups in total. The fraction of sp³-hybridized carbons (Fsp3) is 0.130. The number of aliphatic imine (C=N–C) groups is 1. The first kappa shape index (κ1) is 23.2. The van der Waals surface area contributed by atoms with Crippen LogP contribution in [0.3, 0.4) is 0 Å². The number of hydrogen-bond acceptors (Lipinski definition) is 8. The number of aromatic hydroxyl groups is 1. The average molecular weight is 476 g/mol. The number of aryl methyl sites for hydroxylation is 1. The van der Waals surface area contributed by atoms with Crippen molar-refractivity contribution in [1.82, 2.24) is 19.3 Å². The maximum atomic E-state index is 12.4. The number of nitrogens with zero attached hydrogens (tertiary/aromatic N) is 5. The van der Waals surface area contributed by atoms with E-state index in [1.54, 1.807) is 54.9 Å². The lowest BCUT2D eigenvalue weighted by molar-refractivity contribution is -0.384. The Morgan fingerprint density at radius 1 is 1.09 bits per heavy atom. The number of nitro groups is 1. The predicted octanol–water partition coefficient (Wildman–Crippen LogP) is 2.70. The van der Waals surface area contributed by atoms with Gasteiger partial charge in [0.1, 0.15) is 17.0 Å². The molecule has 0 unspecified atom stereocenters. The summed E-state index contributed by atoms with van der Waals surface area (Å²) < 4.78 is 7.61. The first-order chi connectivity index (χ1) is 16.7. The van der Waals surface area contributed by atoms with Crippen LogP contribution >= 0.6 is 0 Å². The number of rotatable bonds is 6. The second kappa shape index (κ2) is 9.09. The van der Waals surface area contributed by atoms with Crippen LogP contribution < -0.4 is 16.0 Å². The lowest BCUT2D eigenvalue weighted by Crippen LogP contribution is -2.31. The van der Waals surface area contributed by atoms with E-state index in [-0.39, 0.29) is 11.3 Å². The number of aromatic amines is 1. The summed E-state index contributed by atoms with van der Waals surface area (Å²) >= 11 is 0. The van der Waals surface area contributed by atoms with Crippen molar-refractivity contribution >= 4 is 17.6 Å². The molecule has 4 aromatic rings. The maximum absolute atomic E-state index is 12.4. The van der Waals surface area contributed by atoms with Crippen molar-refractivity contribution in [2.75, 3.05) is 7.11 Å². The molecule has 0 aliphatic carbocycles. The van der Waals surface area contributed by atoms with Crippen LogP contribution in [0.5, 0.6) is 11.6 Å². The van der Waals surface area contributed by atoms with Crippen LogP contribution in [0.2, 0.25) is 0 Å². The Hall–Kier alpha value is -5.00. The van der Waals surface area contributed by atoms with E-state index in [2.05, 4.69) is 15.1 Å². The van der Waals surface area contributed by atoms with E-state index < -0.39 is 22.1 Å². The highest BCUT2D eigenvalue weighted by atomic mass is 16.6. The third kappa shape index (κ3) is 4.31. The van der Waals surface area contributed by atoms with Crippen molar-refractivity contribution in [2.24, 2.45) is 4.99 Å². The number of nitro benzene ring substituents is 1. The number of nitrogens with one attached hydrogen (secondary N) is 1. The fourth-order valence-corrected chi connectivity index (χ4v) is 3.54. The normalized spacial score (nSPS) is 11.2. The first-order valence-electron chi connectivity index (χ1n) is 10.3. The molecule has 0 fully saturated rings. The molecule has 2 aromatic carbocycles. The average Bonchev–Trinajstić information content (AvgIpc) is 3.12. The SMILES string of the molecule is COc1ccc(-n2c(O)c(C=Nc3c(C)nn(-c4ccc([N+](=O)[O-])cc4)c3C)c(=O)[nH]c2=O)cc1. The molecule has 178 valence electrons. The second-order valence-electron chi connectivity index (χ2n) is 7.49. The Balaban J connectivity index is 1.74. The van der Waals surface area contributed by atoms with Gasteiger partial charge in [-0.1, -0.05) is 0 Å². The number of ether oxygens (including phenoxy) is 1. The molecule has 0 bridgehead atoms. The third-order valence-corrected chi connectivity index (χ3v) is 5.33. The summed E-state index contributed by atoms with van der Waals surface area (Å²) in [5.41, 5.74) is 0.585. The van der Waals surface area contributed by atoms with Crippen molar-refractivity contribution in [2.45, 2.75) is 13.8 Å². The van der Waals surface area contributed by atoms with Gasteiger partial charge < -0.3 is 9.84 Å².